The van der Waals surface area contributed by atoms with Gasteiger partial charge in [0.2, 0.25) is 0 Å². The lowest BCUT2D eigenvalue weighted by atomic mass is 9.92. The molecule has 1 unspecified atom stereocenters. The fourth-order valence-corrected chi connectivity index (χ4v) is 1.86. The van der Waals surface area contributed by atoms with Crippen LogP contribution in [-0.4, -0.2) is 28.6 Å². The fraction of sp³-hybridized carbons (Fsp3) is 0.818. The third-order valence-corrected chi connectivity index (χ3v) is 2.84. The van der Waals surface area contributed by atoms with Gasteiger partial charge in [0.25, 0.3) is 0 Å². The number of piperidine rings is 1. The Balaban J connectivity index is 2.57. The van der Waals surface area contributed by atoms with Gasteiger partial charge in [-0.3, -0.25) is 4.90 Å². The molecular formula is C11H21NO. The maximum Gasteiger partial charge on any atom is 0.0894 e. The SMILES string of the molecule is C=C(O)C1CCCN(C(C)(C)C)C1. The summed E-state index contributed by atoms with van der Waals surface area (Å²) in [5.41, 5.74) is 0.216. The van der Waals surface area contributed by atoms with Crippen LogP contribution < -0.4 is 0 Å². The highest BCUT2D eigenvalue weighted by Crippen LogP contribution is 2.26. The molecule has 0 aromatic carbocycles. The summed E-state index contributed by atoms with van der Waals surface area (Å²) in [6, 6.07) is 0. The van der Waals surface area contributed by atoms with E-state index >= 15 is 0 Å². The molecule has 0 aliphatic carbocycles. The summed E-state index contributed by atoms with van der Waals surface area (Å²) in [6.07, 6.45) is 2.25. The predicted octanol–water partition coefficient (Wildman–Crippen LogP) is 2.57. The van der Waals surface area contributed by atoms with E-state index in [4.69, 9.17) is 0 Å². The fourth-order valence-electron chi connectivity index (χ4n) is 1.86. The zero-order valence-corrected chi connectivity index (χ0v) is 9.01. The molecular weight excluding hydrogens is 162 g/mol. The predicted molar refractivity (Wildman–Crippen MR) is 55.8 cm³/mol. The first-order valence-electron chi connectivity index (χ1n) is 5.04. The van der Waals surface area contributed by atoms with Crippen LogP contribution in [0.3, 0.4) is 0 Å². The average Bonchev–Trinajstić information content (AvgIpc) is 2.03. The van der Waals surface area contributed by atoms with Crippen molar-refractivity contribution in [1.29, 1.82) is 0 Å². The van der Waals surface area contributed by atoms with Gasteiger partial charge in [-0.1, -0.05) is 6.58 Å². The molecule has 1 N–H and O–H groups in total. The van der Waals surface area contributed by atoms with Crippen LogP contribution in [0.25, 0.3) is 0 Å². The Hall–Kier alpha value is -0.500. The number of aliphatic hydroxyl groups excluding tert-OH is 1. The lowest BCUT2D eigenvalue weighted by Gasteiger charge is -2.41. The normalized spacial score (nSPS) is 25.9. The third-order valence-electron chi connectivity index (χ3n) is 2.84. The van der Waals surface area contributed by atoms with Gasteiger partial charge >= 0.3 is 0 Å². The molecule has 1 rings (SSSR count). The molecule has 2 heteroatoms. The van der Waals surface area contributed by atoms with E-state index in [0.29, 0.717) is 5.76 Å². The lowest BCUT2D eigenvalue weighted by Crippen LogP contribution is -2.47. The Bertz CT molecular complexity index is 193. The molecule has 1 heterocycles. The van der Waals surface area contributed by atoms with E-state index in [0.717, 1.165) is 19.5 Å². The smallest absolute Gasteiger partial charge is 0.0894 e. The Labute approximate surface area is 81.2 Å². The van der Waals surface area contributed by atoms with Gasteiger partial charge in [-0.2, -0.15) is 0 Å². The van der Waals surface area contributed by atoms with Crippen molar-refractivity contribution in [3.05, 3.63) is 12.3 Å². The largest absolute Gasteiger partial charge is 0.513 e. The summed E-state index contributed by atoms with van der Waals surface area (Å²) in [5, 5.41) is 9.34. The Morgan fingerprint density at radius 3 is 2.54 bits per heavy atom. The van der Waals surface area contributed by atoms with Crippen molar-refractivity contribution in [2.24, 2.45) is 5.92 Å². The second-order valence-corrected chi connectivity index (χ2v) is 4.95. The molecule has 1 fully saturated rings. The Morgan fingerprint density at radius 1 is 1.46 bits per heavy atom. The summed E-state index contributed by atoms with van der Waals surface area (Å²) in [7, 11) is 0. The van der Waals surface area contributed by atoms with Gasteiger partial charge in [0, 0.05) is 18.0 Å². The second-order valence-electron chi connectivity index (χ2n) is 4.95. The Morgan fingerprint density at radius 2 is 2.08 bits per heavy atom. The number of nitrogens with zero attached hydrogens (tertiary/aromatic N) is 1. The Kier molecular flexibility index (Phi) is 3.01. The molecule has 0 amide bonds. The lowest BCUT2D eigenvalue weighted by molar-refractivity contribution is 0.0767. The van der Waals surface area contributed by atoms with Gasteiger partial charge in [0.1, 0.15) is 0 Å². The van der Waals surface area contributed by atoms with Gasteiger partial charge in [-0.05, 0) is 40.2 Å². The molecule has 76 valence electrons. The van der Waals surface area contributed by atoms with E-state index in [1.54, 1.807) is 0 Å². The minimum Gasteiger partial charge on any atom is -0.513 e. The van der Waals surface area contributed by atoms with Crippen LogP contribution in [0.15, 0.2) is 12.3 Å². The maximum atomic E-state index is 9.34. The molecule has 0 saturated carbocycles. The zero-order valence-electron chi connectivity index (χ0n) is 9.01. The average molecular weight is 183 g/mol. The number of rotatable bonds is 1. The number of hydrogen-bond donors (Lipinski definition) is 1. The molecule has 1 aliphatic rings. The molecule has 0 aromatic rings. The topological polar surface area (TPSA) is 23.5 Å². The molecule has 1 aliphatic heterocycles. The highest BCUT2D eigenvalue weighted by Gasteiger charge is 2.28. The van der Waals surface area contributed by atoms with Crippen molar-refractivity contribution in [3.8, 4) is 0 Å². The van der Waals surface area contributed by atoms with Crippen LogP contribution in [0.5, 0.6) is 0 Å². The van der Waals surface area contributed by atoms with Crippen LogP contribution >= 0.6 is 0 Å². The first-order chi connectivity index (χ1) is 5.91. The van der Waals surface area contributed by atoms with Crippen LogP contribution in [0, 0.1) is 5.92 Å². The van der Waals surface area contributed by atoms with Crippen molar-refractivity contribution in [2.75, 3.05) is 13.1 Å². The zero-order chi connectivity index (χ0) is 10.1. The van der Waals surface area contributed by atoms with Crippen molar-refractivity contribution >= 4 is 0 Å². The summed E-state index contributed by atoms with van der Waals surface area (Å²) in [6.45, 7) is 12.4. The maximum absolute atomic E-state index is 9.34. The summed E-state index contributed by atoms with van der Waals surface area (Å²) < 4.78 is 0. The summed E-state index contributed by atoms with van der Waals surface area (Å²) in [4.78, 5) is 2.42. The quantitative estimate of drug-likeness (QED) is 0.632. The van der Waals surface area contributed by atoms with Crippen molar-refractivity contribution < 1.29 is 5.11 Å². The van der Waals surface area contributed by atoms with Gasteiger partial charge in [0.15, 0.2) is 0 Å². The van der Waals surface area contributed by atoms with Crippen LogP contribution in [-0.2, 0) is 0 Å². The van der Waals surface area contributed by atoms with Gasteiger partial charge in [-0.25, -0.2) is 0 Å². The van der Waals surface area contributed by atoms with E-state index in [1.807, 2.05) is 0 Å². The third kappa shape index (κ3) is 2.73. The van der Waals surface area contributed by atoms with Crippen LogP contribution in [0.1, 0.15) is 33.6 Å². The monoisotopic (exact) mass is 183 g/mol. The van der Waals surface area contributed by atoms with Gasteiger partial charge in [0.05, 0.1) is 5.76 Å². The second kappa shape index (κ2) is 3.70. The van der Waals surface area contributed by atoms with Crippen molar-refractivity contribution in [2.45, 2.75) is 39.2 Å². The number of aliphatic hydroxyl groups is 1. The molecule has 0 bridgehead atoms. The van der Waals surface area contributed by atoms with Crippen molar-refractivity contribution in [3.63, 3.8) is 0 Å². The van der Waals surface area contributed by atoms with Gasteiger partial charge in [-0.15, -0.1) is 0 Å². The van der Waals surface area contributed by atoms with Crippen molar-refractivity contribution in [1.82, 2.24) is 4.90 Å². The molecule has 0 aromatic heterocycles. The highest BCUT2D eigenvalue weighted by molar-refractivity contribution is 4.95. The first kappa shape index (κ1) is 10.6. The van der Waals surface area contributed by atoms with E-state index in [-0.39, 0.29) is 11.5 Å². The minimum atomic E-state index is 0.216. The number of likely N-dealkylation sites (tertiary alicyclic amines) is 1. The molecule has 0 spiro atoms. The summed E-state index contributed by atoms with van der Waals surface area (Å²) in [5.74, 6) is 0.641. The van der Waals surface area contributed by atoms with E-state index in [1.165, 1.54) is 6.42 Å². The standard InChI is InChI=1S/C11H21NO/c1-9(13)10-6-5-7-12(8-10)11(2,3)4/h10,13H,1,5-8H2,2-4H3. The molecule has 0 radical (unpaired) electrons. The molecule has 1 atom stereocenters. The van der Waals surface area contributed by atoms with Crippen LogP contribution in [0.2, 0.25) is 0 Å². The summed E-state index contributed by atoms with van der Waals surface area (Å²) >= 11 is 0. The van der Waals surface area contributed by atoms with E-state index in [2.05, 4.69) is 32.3 Å². The molecule has 2 nitrogen and oxygen atoms in total. The number of hydrogen-bond acceptors (Lipinski definition) is 2. The minimum absolute atomic E-state index is 0.216. The van der Waals surface area contributed by atoms with Gasteiger partial charge < -0.3 is 5.11 Å². The first-order valence-corrected chi connectivity index (χ1v) is 5.04. The van der Waals surface area contributed by atoms with E-state index in [9.17, 15) is 5.11 Å². The van der Waals surface area contributed by atoms with E-state index < -0.39 is 0 Å². The highest BCUT2D eigenvalue weighted by atomic mass is 16.3. The molecule has 1 saturated heterocycles. The molecule has 13 heavy (non-hydrogen) atoms. The van der Waals surface area contributed by atoms with Crippen LogP contribution in [0.4, 0.5) is 0 Å².